The van der Waals surface area contributed by atoms with Crippen LogP contribution in [0.5, 0.6) is 0 Å². The van der Waals surface area contributed by atoms with E-state index in [0.29, 0.717) is 13.1 Å². The van der Waals surface area contributed by atoms with Gasteiger partial charge in [0.25, 0.3) is 11.5 Å². The molecule has 1 saturated heterocycles. The Morgan fingerprint density at radius 3 is 2.54 bits per heavy atom. The zero-order valence-corrected chi connectivity index (χ0v) is 16.6. The summed E-state index contributed by atoms with van der Waals surface area (Å²) in [5.74, 6) is 0.670. The fourth-order valence-electron chi connectivity index (χ4n) is 3.22. The van der Waals surface area contributed by atoms with E-state index in [0.717, 1.165) is 50.5 Å². The Labute approximate surface area is 165 Å². The average Bonchev–Trinajstić information content (AvgIpc) is 2.74. The SMILES string of the molecule is CCCn1nc(C(=O)NCc2ccc(N3CCN(CC)CC3)nc2)ccc1=O. The second-order valence-electron chi connectivity index (χ2n) is 6.91. The minimum atomic E-state index is -0.301. The van der Waals surface area contributed by atoms with Crippen molar-refractivity contribution < 1.29 is 4.79 Å². The van der Waals surface area contributed by atoms with Crippen LogP contribution in [0.15, 0.2) is 35.3 Å². The van der Waals surface area contributed by atoms with Crippen LogP contribution >= 0.6 is 0 Å². The van der Waals surface area contributed by atoms with Crippen molar-refractivity contribution in [3.8, 4) is 0 Å². The quantitative estimate of drug-likeness (QED) is 0.770. The zero-order valence-electron chi connectivity index (χ0n) is 16.6. The number of aromatic nitrogens is 3. The number of amides is 1. The molecule has 150 valence electrons. The molecular weight excluding hydrogens is 356 g/mol. The van der Waals surface area contributed by atoms with Gasteiger partial charge in [-0.25, -0.2) is 9.67 Å². The number of pyridine rings is 1. The molecule has 0 spiro atoms. The van der Waals surface area contributed by atoms with Crippen LogP contribution in [-0.2, 0) is 13.1 Å². The summed E-state index contributed by atoms with van der Waals surface area (Å²) in [5, 5.41) is 6.97. The lowest BCUT2D eigenvalue weighted by molar-refractivity contribution is 0.0943. The first-order valence-corrected chi connectivity index (χ1v) is 9.89. The molecule has 2 aromatic rings. The van der Waals surface area contributed by atoms with E-state index in [2.05, 4.69) is 32.1 Å². The lowest BCUT2D eigenvalue weighted by Gasteiger charge is -2.34. The van der Waals surface area contributed by atoms with Crippen molar-refractivity contribution in [2.24, 2.45) is 0 Å². The van der Waals surface area contributed by atoms with Crippen LogP contribution in [0.3, 0.4) is 0 Å². The molecule has 8 nitrogen and oxygen atoms in total. The normalized spacial score (nSPS) is 14.9. The molecule has 0 radical (unpaired) electrons. The van der Waals surface area contributed by atoms with Crippen LogP contribution in [0.2, 0.25) is 0 Å². The molecule has 3 rings (SSSR count). The Morgan fingerprint density at radius 1 is 1.11 bits per heavy atom. The third-order valence-electron chi connectivity index (χ3n) is 4.94. The number of rotatable bonds is 7. The van der Waals surface area contributed by atoms with Crippen LogP contribution in [-0.4, -0.2) is 58.3 Å². The zero-order chi connectivity index (χ0) is 19.9. The van der Waals surface area contributed by atoms with Crippen LogP contribution in [0.4, 0.5) is 5.82 Å². The summed E-state index contributed by atoms with van der Waals surface area (Å²) in [6, 6.07) is 6.83. The predicted molar refractivity (Wildman–Crippen MR) is 109 cm³/mol. The van der Waals surface area contributed by atoms with Crippen LogP contribution in [0.25, 0.3) is 0 Å². The van der Waals surface area contributed by atoms with Crippen molar-refractivity contribution >= 4 is 11.7 Å². The highest BCUT2D eigenvalue weighted by Crippen LogP contribution is 2.14. The average molecular weight is 384 g/mol. The van der Waals surface area contributed by atoms with E-state index in [1.165, 1.54) is 16.8 Å². The highest BCUT2D eigenvalue weighted by Gasteiger charge is 2.16. The smallest absolute Gasteiger partial charge is 0.271 e. The van der Waals surface area contributed by atoms with Gasteiger partial charge in [-0.1, -0.05) is 19.9 Å². The van der Waals surface area contributed by atoms with Gasteiger partial charge in [0, 0.05) is 51.5 Å². The second kappa shape index (κ2) is 9.45. The van der Waals surface area contributed by atoms with E-state index in [4.69, 9.17) is 0 Å². The van der Waals surface area contributed by atoms with Gasteiger partial charge in [-0.05, 0) is 30.7 Å². The van der Waals surface area contributed by atoms with E-state index < -0.39 is 0 Å². The first-order chi connectivity index (χ1) is 13.6. The van der Waals surface area contributed by atoms with Gasteiger partial charge in [0.15, 0.2) is 0 Å². The van der Waals surface area contributed by atoms with Crippen molar-refractivity contribution in [1.29, 1.82) is 0 Å². The van der Waals surface area contributed by atoms with Crippen LogP contribution in [0.1, 0.15) is 36.3 Å². The van der Waals surface area contributed by atoms with Crippen molar-refractivity contribution in [2.45, 2.75) is 33.4 Å². The maximum atomic E-state index is 12.3. The number of anilines is 1. The first-order valence-electron chi connectivity index (χ1n) is 9.89. The van der Waals surface area contributed by atoms with Crippen LogP contribution in [0, 0.1) is 0 Å². The molecule has 1 fully saturated rings. The van der Waals surface area contributed by atoms with E-state index in [1.54, 1.807) is 6.20 Å². The van der Waals surface area contributed by atoms with E-state index in [1.807, 2.05) is 19.1 Å². The highest BCUT2D eigenvalue weighted by molar-refractivity contribution is 5.91. The van der Waals surface area contributed by atoms with Crippen molar-refractivity contribution in [2.75, 3.05) is 37.6 Å². The number of nitrogens with one attached hydrogen (secondary N) is 1. The summed E-state index contributed by atoms with van der Waals surface area (Å²) >= 11 is 0. The van der Waals surface area contributed by atoms with Gasteiger partial charge < -0.3 is 15.1 Å². The number of carbonyl (C=O) groups is 1. The van der Waals surface area contributed by atoms with E-state index >= 15 is 0 Å². The van der Waals surface area contributed by atoms with E-state index in [-0.39, 0.29) is 17.2 Å². The van der Waals surface area contributed by atoms with Crippen LogP contribution < -0.4 is 15.8 Å². The lowest BCUT2D eigenvalue weighted by atomic mass is 10.2. The summed E-state index contributed by atoms with van der Waals surface area (Å²) < 4.78 is 1.32. The number of carbonyl (C=O) groups excluding carboxylic acids is 1. The molecule has 1 aliphatic rings. The van der Waals surface area contributed by atoms with Gasteiger partial charge in [-0.3, -0.25) is 9.59 Å². The Hall–Kier alpha value is -2.74. The fourth-order valence-corrected chi connectivity index (χ4v) is 3.22. The van der Waals surface area contributed by atoms with Gasteiger partial charge in [0.2, 0.25) is 0 Å². The molecule has 3 heterocycles. The topological polar surface area (TPSA) is 83.4 Å². The number of hydrogen-bond donors (Lipinski definition) is 1. The van der Waals surface area contributed by atoms with Crippen molar-refractivity contribution in [3.63, 3.8) is 0 Å². The van der Waals surface area contributed by atoms with Gasteiger partial charge >= 0.3 is 0 Å². The third-order valence-corrected chi connectivity index (χ3v) is 4.94. The molecule has 2 aromatic heterocycles. The minimum absolute atomic E-state index is 0.196. The number of likely N-dealkylation sites (N-methyl/N-ethyl adjacent to an activating group) is 1. The van der Waals surface area contributed by atoms with Crippen molar-refractivity contribution in [1.82, 2.24) is 25.0 Å². The Bertz CT molecular complexity index is 841. The molecule has 1 amide bonds. The molecule has 0 atom stereocenters. The first kappa shape index (κ1) is 20.0. The molecule has 0 aromatic carbocycles. The largest absolute Gasteiger partial charge is 0.354 e. The van der Waals surface area contributed by atoms with Gasteiger partial charge in [0.05, 0.1) is 0 Å². The maximum Gasteiger partial charge on any atom is 0.271 e. The molecular formula is C20H28N6O2. The second-order valence-corrected chi connectivity index (χ2v) is 6.91. The van der Waals surface area contributed by atoms with E-state index in [9.17, 15) is 9.59 Å². The Morgan fingerprint density at radius 2 is 1.89 bits per heavy atom. The molecule has 0 saturated carbocycles. The predicted octanol–water partition coefficient (Wildman–Crippen LogP) is 1.12. The molecule has 28 heavy (non-hydrogen) atoms. The monoisotopic (exact) mass is 384 g/mol. The number of hydrogen-bond acceptors (Lipinski definition) is 6. The highest BCUT2D eigenvalue weighted by atomic mass is 16.2. The minimum Gasteiger partial charge on any atom is -0.354 e. The summed E-state index contributed by atoms with van der Waals surface area (Å²) in [6.07, 6.45) is 2.58. The summed E-state index contributed by atoms with van der Waals surface area (Å²) in [6.45, 7) is 10.2. The van der Waals surface area contributed by atoms with Crippen molar-refractivity contribution in [3.05, 3.63) is 52.1 Å². The molecule has 0 unspecified atom stereocenters. The standard InChI is InChI=1S/C20H28N6O2/c1-3-9-26-19(27)8-6-17(23-26)20(28)22-15-16-5-7-18(21-14-16)25-12-10-24(4-2)11-13-25/h5-8,14H,3-4,9-13,15H2,1-2H3,(H,22,28). The molecule has 1 aliphatic heterocycles. The summed E-state index contributed by atoms with van der Waals surface area (Å²) in [5.41, 5.74) is 0.968. The summed E-state index contributed by atoms with van der Waals surface area (Å²) in [7, 11) is 0. The Kier molecular flexibility index (Phi) is 6.76. The van der Waals surface area contributed by atoms with Gasteiger partial charge in [0.1, 0.15) is 11.5 Å². The lowest BCUT2D eigenvalue weighted by Crippen LogP contribution is -2.46. The molecule has 8 heteroatoms. The number of piperazine rings is 1. The number of aryl methyl sites for hydroxylation is 1. The summed E-state index contributed by atoms with van der Waals surface area (Å²) in [4.78, 5) is 33.3. The maximum absolute atomic E-state index is 12.3. The molecule has 0 aliphatic carbocycles. The van der Waals surface area contributed by atoms with Gasteiger partial charge in [-0.2, -0.15) is 5.10 Å². The molecule has 1 N–H and O–H groups in total. The third kappa shape index (κ3) is 4.95. The molecule has 0 bridgehead atoms. The number of nitrogens with zero attached hydrogens (tertiary/aromatic N) is 5. The Balaban J connectivity index is 1.55. The van der Waals surface area contributed by atoms with Gasteiger partial charge in [-0.15, -0.1) is 0 Å². The fraction of sp³-hybridized carbons (Fsp3) is 0.500.